The van der Waals surface area contributed by atoms with Gasteiger partial charge in [0.25, 0.3) is 0 Å². The number of rotatable bonds is 5. The minimum atomic E-state index is -0.374. The Morgan fingerprint density at radius 2 is 2.21 bits per heavy atom. The van der Waals surface area contributed by atoms with Crippen molar-refractivity contribution in [2.24, 2.45) is 5.73 Å². The lowest BCUT2D eigenvalue weighted by molar-refractivity contribution is 0.100. The fourth-order valence-corrected chi connectivity index (χ4v) is 3.24. The lowest BCUT2D eigenvalue weighted by Crippen LogP contribution is -2.18. The number of carbonyl (C=O) groups excluding carboxylic acids is 1. The second kappa shape index (κ2) is 6.32. The molecule has 3 N–H and O–H groups in total. The third-order valence-corrected chi connectivity index (χ3v) is 4.55. The molecule has 1 aromatic carbocycles. The summed E-state index contributed by atoms with van der Waals surface area (Å²) in [4.78, 5) is 12.1. The molecule has 0 aliphatic carbocycles. The third kappa shape index (κ3) is 3.65. The molecular formula is C14H15BrN2OS. The average molecular weight is 339 g/mol. The Labute approximate surface area is 125 Å². The van der Waals surface area contributed by atoms with Gasteiger partial charge in [-0.1, -0.05) is 34.1 Å². The summed E-state index contributed by atoms with van der Waals surface area (Å²) in [6.45, 7) is 2.84. The van der Waals surface area contributed by atoms with Crippen molar-refractivity contribution in [3.8, 4) is 0 Å². The molecule has 0 fully saturated rings. The largest absolute Gasteiger partial charge is 0.366 e. The highest BCUT2D eigenvalue weighted by molar-refractivity contribution is 9.10. The minimum Gasteiger partial charge on any atom is -0.366 e. The van der Waals surface area contributed by atoms with E-state index in [1.54, 1.807) is 16.7 Å². The number of nitrogens with two attached hydrogens (primary N) is 1. The van der Waals surface area contributed by atoms with Crippen molar-refractivity contribution in [1.82, 2.24) is 5.32 Å². The quantitative estimate of drug-likeness (QED) is 0.877. The lowest BCUT2D eigenvalue weighted by atomic mass is 10.1. The highest BCUT2D eigenvalue weighted by Gasteiger charge is 2.09. The van der Waals surface area contributed by atoms with Crippen LogP contribution in [0.2, 0.25) is 0 Å². The maximum Gasteiger partial charge on any atom is 0.249 e. The van der Waals surface area contributed by atoms with E-state index in [2.05, 4.69) is 34.2 Å². The molecule has 2 aromatic rings. The highest BCUT2D eigenvalue weighted by atomic mass is 79.9. The van der Waals surface area contributed by atoms with Gasteiger partial charge in [-0.25, -0.2) is 0 Å². The van der Waals surface area contributed by atoms with Gasteiger partial charge in [0.2, 0.25) is 5.91 Å². The topological polar surface area (TPSA) is 55.1 Å². The molecule has 5 heteroatoms. The summed E-state index contributed by atoms with van der Waals surface area (Å²) in [5, 5.41) is 5.23. The first-order chi connectivity index (χ1) is 9.08. The molecule has 1 atom stereocenters. The summed E-state index contributed by atoms with van der Waals surface area (Å²) in [6.07, 6.45) is 0. The molecule has 0 spiro atoms. The summed E-state index contributed by atoms with van der Waals surface area (Å²) in [5.41, 5.74) is 7.03. The van der Waals surface area contributed by atoms with Crippen LogP contribution >= 0.6 is 27.3 Å². The molecule has 3 nitrogen and oxygen atoms in total. The summed E-state index contributed by atoms with van der Waals surface area (Å²) >= 11 is 5.09. The van der Waals surface area contributed by atoms with E-state index in [1.165, 1.54) is 5.56 Å². The van der Waals surface area contributed by atoms with Crippen LogP contribution in [0.1, 0.15) is 33.8 Å². The minimum absolute atomic E-state index is 0.231. The highest BCUT2D eigenvalue weighted by Crippen LogP contribution is 2.23. The van der Waals surface area contributed by atoms with Gasteiger partial charge in [-0.2, -0.15) is 0 Å². The standard InChI is InChI=1S/C14H15BrN2OS/c1-9(12-4-2-3-5-13(12)15)17-7-11-6-10(8-19-11)14(16)18/h2-6,8-9,17H,7H2,1H3,(H2,16,18)/t9-/m0/s1. The zero-order valence-corrected chi connectivity index (χ0v) is 12.9. The second-order valence-corrected chi connectivity index (χ2v) is 6.14. The predicted molar refractivity (Wildman–Crippen MR) is 82.2 cm³/mol. The fourth-order valence-electron chi connectivity index (χ4n) is 1.79. The number of nitrogens with one attached hydrogen (secondary N) is 1. The van der Waals surface area contributed by atoms with E-state index in [1.807, 2.05) is 24.3 Å². The Morgan fingerprint density at radius 3 is 2.84 bits per heavy atom. The lowest BCUT2D eigenvalue weighted by Gasteiger charge is -2.15. The van der Waals surface area contributed by atoms with E-state index in [4.69, 9.17) is 5.73 Å². The number of halogens is 1. The Bertz CT molecular complexity index is 582. The van der Waals surface area contributed by atoms with Crippen molar-refractivity contribution in [3.05, 3.63) is 56.2 Å². The van der Waals surface area contributed by atoms with Crippen LogP contribution in [0, 0.1) is 0 Å². The van der Waals surface area contributed by atoms with Crippen LogP contribution in [0.4, 0.5) is 0 Å². The van der Waals surface area contributed by atoms with Crippen molar-refractivity contribution in [1.29, 1.82) is 0 Å². The monoisotopic (exact) mass is 338 g/mol. The molecule has 2 rings (SSSR count). The molecule has 19 heavy (non-hydrogen) atoms. The molecule has 1 amide bonds. The van der Waals surface area contributed by atoms with Gasteiger partial charge in [0.05, 0.1) is 5.56 Å². The molecule has 0 bridgehead atoms. The maximum absolute atomic E-state index is 11.0. The van der Waals surface area contributed by atoms with Crippen molar-refractivity contribution >= 4 is 33.2 Å². The van der Waals surface area contributed by atoms with Crippen LogP contribution in [0.3, 0.4) is 0 Å². The van der Waals surface area contributed by atoms with Gasteiger partial charge in [-0.15, -0.1) is 11.3 Å². The van der Waals surface area contributed by atoms with Gasteiger partial charge in [0, 0.05) is 27.3 Å². The van der Waals surface area contributed by atoms with Gasteiger partial charge in [0.15, 0.2) is 0 Å². The molecule has 0 saturated heterocycles. The zero-order chi connectivity index (χ0) is 13.8. The van der Waals surface area contributed by atoms with Gasteiger partial charge in [-0.3, -0.25) is 4.79 Å². The molecule has 0 saturated carbocycles. The average Bonchev–Trinajstić information content (AvgIpc) is 2.85. The van der Waals surface area contributed by atoms with E-state index in [-0.39, 0.29) is 11.9 Å². The first kappa shape index (κ1) is 14.2. The maximum atomic E-state index is 11.0. The SMILES string of the molecule is C[C@H](NCc1cc(C(N)=O)cs1)c1ccccc1Br. The Morgan fingerprint density at radius 1 is 1.47 bits per heavy atom. The van der Waals surface area contributed by atoms with Crippen molar-refractivity contribution < 1.29 is 4.79 Å². The van der Waals surface area contributed by atoms with Crippen molar-refractivity contribution in [2.45, 2.75) is 19.5 Å². The Kier molecular flexibility index (Phi) is 4.74. The van der Waals surface area contributed by atoms with Crippen LogP contribution in [0.25, 0.3) is 0 Å². The molecule has 0 aliphatic heterocycles. The van der Waals surface area contributed by atoms with Gasteiger partial charge < -0.3 is 11.1 Å². The first-order valence-electron chi connectivity index (χ1n) is 5.93. The van der Waals surface area contributed by atoms with Crippen LogP contribution < -0.4 is 11.1 Å². The Hall–Kier alpha value is -1.17. The van der Waals surface area contributed by atoms with Crippen LogP contribution in [0.15, 0.2) is 40.2 Å². The molecule has 0 aliphatic rings. The van der Waals surface area contributed by atoms with Gasteiger partial charge in [-0.05, 0) is 24.6 Å². The van der Waals surface area contributed by atoms with Gasteiger partial charge >= 0.3 is 0 Å². The van der Waals surface area contributed by atoms with Crippen molar-refractivity contribution in [3.63, 3.8) is 0 Å². The molecule has 100 valence electrons. The Balaban J connectivity index is 1.98. The fraction of sp³-hybridized carbons (Fsp3) is 0.214. The smallest absolute Gasteiger partial charge is 0.249 e. The second-order valence-electron chi connectivity index (χ2n) is 4.29. The van der Waals surface area contributed by atoms with Crippen molar-refractivity contribution in [2.75, 3.05) is 0 Å². The number of amides is 1. The summed E-state index contributed by atoms with van der Waals surface area (Å²) in [6, 6.07) is 10.2. The number of carbonyl (C=O) groups is 1. The van der Waals surface area contributed by atoms with E-state index >= 15 is 0 Å². The number of thiophene rings is 1. The number of hydrogen-bond acceptors (Lipinski definition) is 3. The molecule has 0 unspecified atom stereocenters. The number of primary amides is 1. The molecular weight excluding hydrogens is 324 g/mol. The summed E-state index contributed by atoms with van der Waals surface area (Å²) < 4.78 is 1.10. The number of benzene rings is 1. The van der Waals surface area contributed by atoms with Crippen LogP contribution in [0.5, 0.6) is 0 Å². The first-order valence-corrected chi connectivity index (χ1v) is 7.60. The van der Waals surface area contributed by atoms with E-state index in [0.29, 0.717) is 5.56 Å². The van der Waals surface area contributed by atoms with E-state index in [9.17, 15) is 4.79 Å². The number of hydrogen-bond donors (Lipinski definition) is 2. The van der Waals surface area contributed by atoms with E-state index in [0.717, 1.165) is 15.9 Å². The van der Waals surface area contributed by atoms with Crippen LogP contribution in [-0.4, -0.2) is 5.91 Å². The molecule has 1 aromatic heterocycles. The normalized spacial score (nSPS) is 12.3. The third-order valence-electron chi connectivity index (χ3n) is 2.89. The molecule has 0 radical (unpaired) electrons. The van der Waals surface area contributed by atoms with Gasteiger partial charge in [0.1, 0.15) is 0 Å². The molecule has 1 heterocycles. The predicted octanol–water partition coefficient (Wildman–Crippen LogP) is 3.46. The zero-order valence-electron chi connectivity index (χ0n) is 10.5. The summed E-state index contributed by atoms with van der Waals surface area (Å²) in [7, 11) is 0. The summed E-state index contributed by atoms with van der Waals surface area (Å²) in [5.74, 6) is -0.374. The van der Waals surface area contributed by atoms with E-state index < -0.39 is 0 Å². The van der Waals surface area contributed by atoms with Crippen LogP contribution in [-0.2, 0) is 6.54 Å².